The van der Waals surface area contributed by atoms with E-state index in [-0.39, 0.29) is 31.0 Å². The summed E-state index contributed by atoms with van der Waals surface area (Å²) in [5.41, 5.74) is 1.17. The van der Waals surface area contributed by atoms with Crippen molar-refractivity contribution in [2.24, 2.45) is 0 Å². The van der Waals surface area contributed by atoms with Crippen molar-refractivity contribution in [3.05, 3.63) is 82.9 Å². The van der Waals surface area contributed by atoms with E-state index in [1.807, 2.05) is 30.3 Å². The van der Waals surface area contributed by atoms with Crippen LogP contribution in [0.4, 0.5) is 4.39 Å². The first-order valence-corrected chi connectivity index (χ1v) is 10.6. The van der Waals surface area contributed by atoms with E-state index in [0.29, 0.717) is 11.4 Å². The van der Waals surface area contributed by atoms with Crippen LogP contribution in [-0.2, 0) is 16.6 Å². The van der Waals surface area contributed by atoms with Crippen LogP contribution in [0.15, 0.2) is 71.5 Å². The molecule has 3 rings (SSSR count). The molecule has 0 unspecified atom stereocenters. The van der Waals surface area contributed by atoms with E-state index in [1.165, 1.54) is 35.0 Å². The van der Waals surface area contributed by atoms with Gasteiger partial charge in [-0.3, -0.25) is 4.79 Å². The number of sulfonamides is 1. The zero-order chi connectivity index (χ0) is 20.7. The van der Waals surface area contributed by atoms with Gasteiger partial charge >= 0.3 is 0 Å². The van der Waals surface area contributed by atoms with Gasteiger partial charge in [0.05, 0.1) is 18.0 Å². The van der Waals surface area contributed by atoms with Gasteiger partial charge in [-0.2, -0.15) is 5.10 Å². The van der Waals surface area contributed by atoms with Crippen LogP contribution in [0, 0.1) is 5.82 Å². The molecule has 1 aromatic heterocycles. The van der Waals surface area contributed by atoms with Gasteiger partial charge in [0.25, 0.3) is 5.56 Å². The number of benzene rings is 2. The van der Waals surface area contributed by atoms with Gasteiger partial charge in [-0.25, -0.2) is 22.2 Å². The van der Waals surface area contributed by atoms with Gasteiger partial charge in [0.15, 0.2) is 0 Å². The van der Waals surface area contributed by atoms with E-state index >= 15 is 0 Å². The van der Waals surface area contributed by atoms with Gasteiger partial charge in [0.2, 0.25) is 10.0 Å². The Bertz CT molecular complexity index is 1100. The molecule has 1 heterocycles. The van der Waals surface area contributed by atoms with Gasteiger partial charge in [-0.15, -0.1) is 0 Å². The summed E-state index contributed by atoms with van der Waals surface area (Å²) in [4.78, 5) is 12.0. The monoisotopic (exact) mass is 417 g/mol. The topological polar surface area (TPSA) is 90.3 Å². The lowest BCUT2D eigenvalue weighted by Crippen LogP contribution is -2.34. The Kier molecular flexibility index (Phi) is 6.73. The van der Waals surface area contributed by atoms with Crippen molar-refractivity contribution in [1.29, 1.82) is 0 Å². The summed E-state index contributed by atoms with van der Waals surface area (Å²) in [5.74, 6) is -0.279. The third-order valence-electron chi connectivity index (χ3n) is 4.02. The number of nitrogens with one attached hydrogen (secondary N) is 1. The summed E-state index contributed by atoms with van der Waals surface area (Å²) in [6.45, 7) is 0.0320. The fourth-order valence-electron chi connectivity index (χ4n) is 2.55. The van der Waals surface area contributed by atoms with Crippen LogP contribution in [0.25, 0.3) is 11.3 Å². The first-order chi connectivity index (χ1) is 13.9. The standard InChI is InChI=1S/C20H20FN3O4S/c21-17-6-8-18(9-7-17)28-14-15-29(26,27)22-12-13-24-20(25)11-10-19(23-24)16-4-2-1-3-5-16/h1-11,22H,12-15H2. The summed E-state index contributed by atoms with van der Waals surface area (Å²) in [7, 11) is -3.60. The molecule has 0 atom stereocenters. The van der Waals surface area contributed by atoms with Crippen molar-refractivity contribution in [2.75, 3.05) is 18.9 Å². The molecule has 0 bridgehead atoms. The fourth-order valence-corrected chi connectivity index (χ4v) is 3.40. The highest BCUT2D eigenvalue weighted by Crippen LogP contribution is 2.14. The van der Waals surface area contributed by atoms with Crippen LogP contribution in [0.2, 0.25) is 0 Å². The van der Waals surface area contributed by atoms with Crippen LogP contribution in [0.1, 0.15) is 0 Å². The van der Waals surface area contributed by atoms with Gasteiger partial charge < -0.3 is 4.74 Å². The molecule has 0 aliphatic carbocycles. The minimum Gasteiger partial charge on any atom is -0.492 e. The highest BCUT2D eigenvalue weighted by molar-refractivity contribution is 7.89. The smallest absolute Gasteiger partial charge is 0.266 e. The first kappa shape index (κ1) is 20.7. The van der Waals surface area contributed by atoms with E-state index < -0.39 is 15.8 Å². The first-order valence-electron chi connectivity index (χ1n) is 8.92. The van der Waals surface area contributed by atoms with Gasteiger partial charge in [0.1, 0.15) is 18.2 Å². The van der Waals surface area contributed by atoms with E-state index in [9.17, 15) is 17.6 Å². The molecule has 0 amide bonds. The van der Waals surface area contributed by atoms with E-state index in [4.69, 9.17) is 4.74 Å². The molecular weight excluding hydrogens is 397 g/mol. The SMILES string of the molecule is O=c1ccc(-c2ccccc2)nn1CCNS(=O)(=O)CCOc1ccc(F)cc1. The second-order valence-corrected chi connectivity index (χ2v) is 8.09. The number of nitrogens with zero attached hydrogens (tertiary/aromatic N) is 2. The highest BCUT2D eigenvalue weighted by atomic mass is 32.2. The zero-order valence-corrected chi connectivity index (χ0v) is 16.3. The second kappa shape index (κ2) is 9.44. The van der Waals surface area contributed by atoms with Gasteiger partial charge in [0, 0.05) is 18.2 Å². The summed E-state index contributed by atoms with van der Waals surface area (Å²) >= 11 is 0. The molecule has 0 fully saturated rings. The third kappa shape index (κ3) is 6.23. The molecule has 3 aromatic rings. The molecule has 0 aliphatic heterocycles. The van der Waals surface area contributed by atoms with E-state index in [1.54, 1.807) is 6.07 Å². The number of ether oxygens (including phenoxy) is 1. The van der Waals surface area contributed by atoms with Gasteiger partial charge in [-0.1, -0.05) is 30.3 Å². The average Bonchev–Trinajstić information content (AvgIpc) is 2.71. The molecule has 0 saturated heterocycles. The van der Waals surface area contributed by atoms with Crippen molar-refractivity contribution in [3.63, 3.8) is 0 Å². The number of rotatable bonds is 9. The quantitative estimate of drug-likeness (QED) is 0.576. The van der Waals surface area contributed by atoms with Crippen LogP contribution in [-0.4, -0.2) is 37.1 Å². The summed E-state index contributed by atoms with van der Waals surface area (Å²) in [6, 6.07) is 17.7. The largest absolute Gasteiger partial charge is 0.492 e. The lowest BCUT2D eigenvalue weighted by Gasteiger charge is -2.10. The number of halogens is 1. The second-order valence-electron chi connectivity index (χ2n) is 6.16. The average molecular weight is 417 g/mol. The molecule has 7 nitrogen and oxygen atoms in total. The molecule has 0 saturated carbocycles. The minimum atomic E-state index is -3.60. The molecule has 9 heteroatoms. The molecule has 0 aliphatic rings. The van der Waals surface area contributed by atoms with Crippen LogP contribution < -0.4 is 15.0 Å². The van der Waals surface area contributed by atoms with Crippen molar-refractivity contribution in [3.8, 4) is 17.0 Å². The number of hydrogen-bond donors (Lipinski definition) is 1. The van der Waals surface area contributed by atoms with Crippen molar-refractivity contribution in [2.45, 2.75) is 6.54 Å². The Morgan fingerprint density at radius 1 is 1.00 bits per heavy atom. The molecule has 0 radical (unpaired) electrons. The summed E-state index contributed by atoms with van der Waals surface area (Å²) < 4.78 is 45.9. The molecular formula is C20H20FN3O4S. The Balaban J connectivity index is 1.52. The maximum absolute atomic E-state index is 12.8. The minimum absolute atomic E-state index is 0.0179. The Labute approximate surface area is 167 Å². The lowest BCUT2D eigenvalue weighted by atomic mass is 10.1. The fraction of sp³-hybridized carbons (Fsp3) is 0.200. The molecule has 2 aromatic carbocycles. The molecule has 0 spiro atoms. The van der Waals surface area contributed by atoms with Gasteiger partial charge in [-0.05, 0) is 30.3 Å². The Morgan fingerprint density at radius 3 is 2.45 bits per heavy atom. The van der Waals surface area contributed by atoms with Crippen LogP contribution >= 0.6 is 0 Å². The van der Waals surface area contributed by atoms with Crippen molar-refractivity contribution in [1.82, 2.24) is 14.5 Å². The Hall–Kier alpha value is -3.04. The summed E-state index contributed by atoms with van der Waals surface area (Å²) in [5, 5.41) is 4.29. The summed E-state index contributed by atoms with van der Waals surface area (Å²) in [6.07, 6.45) is 0. The van der Waals surface area contributed by atoms with E-state index in [0.717, 1.165) is 5.56 Å². The van der Waals surface area contributed by atoms with Crippen molar-refractivity contribution >= 4 is 10.0 Å². The predicted octanol–water partition coefficient (Wildman–Crippen LogP) is 2.05. The zero-order valence-electron chi connectivity index (χ0n) is 15.5. The van der Waals surface area contributed by atoms with E-state index in [2.05, 4.69) is 9.82 Å². The third-order valence-corrected chi connectivity index (χ3v) is 5.36. The molecule has 29 heavy (non-hydrogen) atoms. The molecule has 152 valence electrons. The normalized spacial score (nSPS) is 11.3. The highest BCUT2D eigenvalue weighted by Gasteiger charge is 2.11. The maximum Gasteiger partial charge on any atom is 0.266 e. The number of aromatic nitrogens is 2. The predicted molar refractivity (Wildman–Crippen MR) is 108 cm³/mol. The Morgan fingerprint density at radius 2 is 1.72 bits per heavy atom. The van der Waals surface area contributed by atoms with Crippen LogP contribution in [0.5, 0.6) is 5.75 Å². The van der Waals surface area contributed by atoms with Crippen LogP contribution in [0.3, 0.4) is 0 Å². The molecule has 1 N–H and O–H groups in total. The van der Waals surface area contributed by atoms with Crippen molar-refractivity contribution < 1.29 is 17.5 Å². The number of hydrogen-bond acceptors (Lipinski definition) is 5. The lowest BCUT2D eigenvalue weighted by molar-refractivity contribution is 0.339. The maximum atomic E-state index is 12.8.